The zero-order valence-corrected chi connectivity index (χ0v) is 16.2. The van der Waals surface area contributed by atoms with Crippen LogP contribution in [0.2, 0.25) is 0 Å². The minimum absolute atomic E-state index is 0.0830. The average Bonchev–Trinajstić information content (AvgIpc) is 3.01. The summed E-state index contributed by atoms with van der Waals surface area (Å²) in [4.78, 5) is 13.6. The number of benzene rings is 3. The Balaban J connectivity index is 1.82. The van der Waals surface area contributed by atoms with Crippen LogP contribution in [0, 0.1) is 6.92 Å². The molecular formula is C25H25NO2. The van der Waals surface area contributed by atoms with E-state index in [1.807, 2.05) is 67.6 Å². The molecule has 4 rings (SSSR count). The van der Waals surface area contributed by atoms with Crippen molar-refractivity contribution < 1.29 is 9.90 Å². The van der Waals surface area contributed by atoms with Gasteiger partial charge in [-0.2, -0.15) is 0 Å². The molecule has 0 amide bonds. The number of fused-ring (bicyclic) bond motifs is 2. The predicted octanol–water partition coefficient (Wildman–Crippen LogP) is 5.50. The Morgan fingerprint density at radius 2 is 1.57 bits per heavy atom. The van der Waals surface area contributed by atoms with Gasteiger partial charge in [0.25, 0.3) is 0 Å². The van der Waals surface area contributed by atoms with Crippen molar-refractivity contribution in [2.24, 2.45) is 0 Å². The van der Waals surface area contributed by atoms with Gasteiger partial charge in [-0.15, -0.1) is 0 Å². The molecule has 1 heterocycles. The molecule has 0 aliphatic carbocycles. The molecule has 0 aliphatic heterocycles. The molecule has 0 unspecified atom stereocenters. The summed E-state index contributed by atoms with van der Waals surface area (Å²) in [5.41, 5.74) is 3.68. The third-order valence-electron chi connectivity index (χ3n) is 5.53. The summed E-state index contributed by atoms with van der Waals surface area (Å²) in [7, 11) is 0. The van der Waals surface area contributed by atoms with E-state index in [0.717, 1.165) is 64.3 Å². The van der Waals surface area contributed by atoms with Gasteiger partial charge in [0.2, 0.25) is 0 Å². The molecular weight excluding hydrogens is 346 g/mol. The van der Waals surface area contributed by atoms with E-state index >= 15 is 0 Å². The van der Waals surface area contributed by atoms with Crippen molar-refractivity contribution in [3.05, 3.63) is 83.6 Å². The Kier molecular flexibility index (Phi) is 5.27. The maximum absolute atomic E-state index is 13.6. The number of rotatable bonds is 7. The lowest BCUT2D eigenvalue weighted by atomic mass is 9.95. The van der Waals surface area contributed by atoms with Crippen LogP contribution in [0.1, 0.15) is 40.9 Å². The van der Waals surface area contributed by atoms with E-state index in [2.05, 4.69) is 10.6 Å². The summed E-state index contributed by atoms with van der Waals surface area (Å²) >= 11 is 0. The molecule has 0 saturated carbocycles. The van der Waals surface area contributed by atoms with E-state index in [4.69, 9.17) is 5.11 Å². The first-order valence-corrected chi connectivity index (χ1v) is 9.93. The molecule has 0 radical (unpaired) electrons. The molecule has 1 N–H and O–H groups in total. The van der Waals surface area contributed by atoms with Gasteiger partial charge in [0, 0.05) is 35.3 Å². The highest BCUT2D eigenvalue weighted by molar-refractivity contribution is 6.22. The normalized spacial score (nSPS) is 11.4. The number of aliphatic hydroxyl groups is 1. The number of ketones is 1. The van der Waals surface area contributed by atoms with Crippen LogP contribution < -0.4 is 0 Å². The molecule has 0 aliphatic rings. The quantitative estimate of drug-likeness (QED) is 0.344. The van der Waals surface area contributed by atoms with Gasteiger partial charge in [0.1, 0.15) is 0 Å². The number of hydrogen-bond acceptors (Lipinski definition) is 2. The minimum atomic E-state index is 0.0830. The number of nitrogens with zero attached hydrogens (tertiary/aromatic N) is 1. The first-order valence-electron chi connectivity index (χ1n) is 9.93. The fraction of sp³-hybridized carbons (Fsp3) is 0.240. The lowest BCUT2D eigenvalue weighted by molar-refractivity contribution is 0.104. The van der Waals surface area contributed by atoms with Crippen molar-refractivity contribution in [1.29, 1.82) is 0 Å². The van der Waals surface area contributed by atoms with E-state index in [0.29, 0.717) is 0 Å². The van der Waals surface area contributed by atoms with Gasteiger partial charge in [-0.1, -0.05) is 60.7 Å². The van der Waals surface area contributed by atoms with Gasteiger partial charge in [-0.25, -0.2) is 0 Å². The maximum Gasteiger partial charge on any atom is 0.196 e. The predicted molar refractivity (Wildman–Crippen MR) is 115 cm³/mol. The molecule has 0 fully saturated rings. The van der Waals surface area contributed by atoms with Crippen LogP contribution in [0.5, 0.6) is 0 Å². The van der Waals surface area contributed by atoms with Crippen molar-refractivity contribution in [3.63, 3.8) is 0 Å². The number of aryl methyl sites for hydroxylation is 1. The zero-order valence-electron chi connectivity index (χ0n) is 16.2. The number of para-hydroxylation sites is 1. The van der Waals surface area contributed by atoms with Crippen molar-refractivity contribution in [1.82, 2.24) is 4.57 Å². The van der Waals surface area contributed by atoms with Gasteiger partial charge in [-0.3, -0.25) is 4.79 Å². The first kappa shape index (κ1) is 18.5. The number of aliphatic hydroxyl groups excluding tert-OH is 1. The van der Waals surface area contributed by atoms with E-state index in [1.54, 1.807) is 0 Å². The minimum Gasteiger partial charge on any atom is -0.396 e. The molecule has 3 heteroatoms. The molecule has 0 spiro atoms. The standard InChI is InChI=1S/C25H25NO2/c1-18-24(25(28)21-14-9-11-19-10-3-4-12-20(19)21)22-13-5-6-15-23(22)26(18)16-7-2-8-17-27/h3-6,9-15,27H,2,7-8,16-17H2,1H3. The molecule has 1 aromatic heterocycles. The van der Waals surface area contributed by atoms with Gasteiger partial charge in [0.05, 0.1) is 5.56 Å². The van der Waals surface area contributed by atoms with Crippen molar-refractivity contribution in [2.45, 2.75) is 32.7 Å². The van der Waals surface area contributed by atoms with Crippen LogP contribution >= 0.6 is 0 Å². The smallest absolute Gasteiger partial charge is 0.196 e. The lowest BCUT2D eigenvalue weighted by Crippen LogP contribution is -2.06. The van der Waals surface area contributed by atoms with Crippen LogP contribution in [0.15, 0.2) is 66.7 Å². The number of unbranched alkanes of at least 4 members (excludes halogenated alkanes) is 2. The Hall–Kier alpha value is -2.91. The van der Waals surface area contributed by atoms with Crippen LogP contribution in [0.4, 0.5) is 0 Å². The summed E-state index contributed by atoms with van der Waals surface area (Å²) in [6.45, 7) is 3.13. The van der Waals surface area contributed by atoms with E-state index in [9.17, 15) is 4.79 Å². The van der Waals surface area contributed by atoms with E-state index in [-0.39, 0.29) is 12.4 Å². The van der Waals surface area contributed by atoms with E-state index < -0.39 is 0 Å². The lowest BCUT2D eigenvalue weighted by Gasteiger charge is -2.09. The molecule has 3 nitrogen and oxygen atoms in total. The van der Waals surface area contributed by atoms with Crippen LogP contribution in [0.3, 0.4) is 0 Å². The molecule has 142 valence electrons. The Morgan fingerprint density at radius 3 is 2.39 bits per heavy atom. The highest BCUT2D eigenvalue weighted by Crippen LogP contribution is 2.30. The van der Waals surface area contributed by atoms with E-state index in [1.165, 1.54) is 0 Å². The third kappa shape index (κ3) is 3.23. The summed E-state index contributed by atoms with van der Waals surface area (Å²) in [5.74, 6) is 0.0830. The summed E-state index contributed by atoms with van der Waals surface area (Å²) in [6, 6.07) is 22.1. The largest absolute Gasteiger partial charge is 0.396 e. The second-order valence-electron chi connectivity index (χ2n) is 7.27. The molecule has 3 aromatic carbocycles. The van der Waals surface area contributed by atoms with Gasteiger partial charge in [0.15, 0.2) is 5.78 Å². The maximum atomic E-state index is 13.6. The van der Waals surface area contributed by atoms with Crippen LogP contribution in [-0.2, 0) is 6.54 Å². The van der Waals surface area contributed by atoms with Gasteiger partial charge in [-0.05, 0) is 43.0 Å². The number of carbonyl (C=O) groups is 1. The molecule has 4 aromatic rings. The van der Waals surface area contributed by atoms with Crippen LogP contribution in [0.25, 0.3) is 21.7 Å². The summed E-state index contributed by atoms with van der Waals surface area (Å²) in [5, 5.41) is 12.1. The summed E-state index contributed by atoms with van der Waals surface area (Å²) in [6.07, 6.45) is 2.79. The Bertz CT molecular complexity index is 1130. The molecule has 0 bridgehead atoms. The Labute approximate surface area is 165 Å². The van der Waals surface area contributed by atoms with Gasteiger partial charge >= 0.3 is 0 Å². The number of carbonyl (C=O) groups excluding carboxylic acids is 1. The molecule has 28 heavy (non-hydrogen) atoms. The second-order valence-corrected chi connectivity index (χ2v) is 7.27. The topological polar surface area (TPSA) is 42.2 Å². The fourth-order valence-corrected chi connectivity index (χ4v) is 4.12. The van der Waals surface area contributed by atoms with Crippen LogP contribution in [-0.4, -0.2) is 22.1 Å². The molecule has 0 atom stereocenters. The average molecular weight is 371 g/mol. The SMILES string of the molecule is Cc1c(C(=O)c2cccc3ccccc23)c2ccccc2n1CCCCCO. The fourth-order valence-electron chi connectivity index (χ4n) is 4.12. The van der Waals surface area contributed by atoms with Gasteiger partial charge < -0.3 is 9.67 Å². The van der Waals surface area contributed by atoms with Crippen molar-refractivity contribution >= 4 is 27.5 Å². The third-order valence-corrected chi connectivity index (χ3v) is 5.53. The number of hydrogen-bond donors (Lipinski definition) is 1. The second kappa shape index (κ2) is 7.99. The highest BCUT2D eigenvalue weighted by atomic mass is 16.2. The summed E-state index contributed by atoms with van der Waals surface area (Å²) < 4.78 is 2.26. The van der Waals surface area contributed by atoms with Crippen molar-refractivity contribution in [3.8, 4) is 0 Å². The highest BCUT2D eigenvalue weighted by Gasteiger charge is 2.22. The van der Waals surface area contributed by atoms with Crippen molar-refractivity contribution in [2.75, 3.05) is 6.61 Å². The first-order chi connectivity index (χ1) is 13.7. The molecule has 0 saturated heterocycles. The zero-order chi connectivity index (χ0) is 19.5. The monoisotopic (exact) mass is 371 g/mol. The Morgan fingerprint density at radius 1 is 0.857 bits per heavy atom. The number of aromatic nitrogens is 1.